The van der Waals surface area contributed by atoms with E-state index in [2.05, 4.69) is 10.6 Å². The van der Waals surface area contributed by atoms with Crippen molar-refractivity contribution in [3.8, 4) is 0 Å². The van der Waals surface area contributed by atoms with E-state index in [-0.39, 0.29) is 11.8 Å². The van der Waals surface area contributed by atoms with Gasteiger partial charge in [0, 0.05) is 26.1 Å². The Kier molecular flexibility index (Phi) is 5.75. The Morgan fingerprint density at radius 2 is 1.86 bits per heavy atom. The van der Waals surface area contributed by atoms with Crippen LogP contribution in [0.1, 0.15) is 36.0 Å². The third kappa shape index (κ3) is 4.29. The van der Waals surface area contributed by atoms with Crippen LogP contribution in [0.5, 0.6) is 0 Å². The molecule has 1 aliphatic heterocycles. The summed E-state index contributed by atoms with van der Waals surface area (Å²) in [4.78, 5) is 26.3. The highest BCUT2D eigenvalue weighted by molar-refractivity contribution is 6.03. The molecule has 0 unspecified atom stereocenters. The van der Waals surface area contributed by atoms with Crippen molar-refractivity contribution in [3.05, 3.63) is 29.8 Å². The van der Waals surface area contributed by atoms with Crippen LogP contribution in [0.15, 0.2) is 24.3 Å². The van der Waals surface area contributed by atoms with Crippen LogP contribution in [0.4, 0.5) is 5.69 Å². The number of amides is 2. The summed E-state index contributed by atoms with van der Waals surface area (Å²) >= 11 is 0. The van der Waals surface area contributed by atoms with Crippen molar-refractivity contribution >= 4 is 17.5 Å². The summed E-state index contributed by atoms with van der Waals surface area (Å²) in [5, 5.41) is 5.78. The van der Waals surface area contributed by atoms with Gasteiger partial charge in [-0.2, -0.15) is 0 Å². The smallest absolute Gasteiger partial charge is 0.255 e. The van der Waals surface area contributed by atoms with Crippen LogP contribution in [0.2, 0.25) is 0 Å². The molecule has 2 rings (SSSR count). The van der Waals surface area contributed by atoms with E-state index in [4.69, 9.17) is 0 Å². The van der Waals surface area contributed by atoms with Crippen molar-refractivity contribution < 1.29 is 9.59 Å². The Morgan fingerprint density at radius 3 is 2.57 bits per heavy atom. The number of nitrogens with zero attached hydrogens (tertiary/aromatic N) is 1. The highest BCUT2D eigenvalue weighted by atomic mass is 16.2. The molecule has 2 N–H and O–H groups in total. The molecule has 5 heteroatoms. The standard InChI is InChI=1S/C16H23N3O2/c1-17-10-9-15(20)18-14-8-4-3-7-13(14)16(21)19-11-5-2-6-12-19/h3-4,7-8,17H,2,5-6,9-12H2,1H3,(H,18,20). The fourth-order valence-corrected chi connectivity index (χ4v) is 2.50. The largest absolute Gasteiger partial charge is 0.339 e. The molecular formula is C16H23N3O2. The molecule has 1 fully saturated rings. The number of benzene rings is 1. The summed E-state index contributed by atoms with van der Waals surface area (Å²) in [6, 6.07) is 7.24. The fourth-order valence-electron chi connectivity index (χ4n) is 2.50. The van der Waals surface area contributed by atoms with Gasteiger partial charge in [-0.25, -0.2) is 0 Å². The minimum Gasteiger partial charge on any atom is -0.339 e. The molecule has 114 valence electrons. The van der Waals surface area contributed by atoms with E-state index in [1.54, 1.807) is 19.2 Å². The molecule has 1 saturated heterocycles. The number of anilines is 1. The Balaban J connectivity index is 2.08. The van der Waals surface area contributed by atoms with Crippen LogP contribution >= 0.6 is 0 Å². The van der Waals surface area contributed by atoms with Crippen LogP contribution < -0.4 is 10.6 Å². The summed E-state index contributed by atoms with van der Waals surface area (Å²) in [6.07, 6.45) is 3.69. The summed E-state index contributed by atoms with van der Waals surface area (Å²) in [5.74, 6) is -0.0672. The predicted molar refractivity (Wildman–Crippen MR) is 83.4 cm³/mol. The topological polar surface area (TPSA) is 61.4 Å². The van der Waals surface area contributed by atoms with E-state index < -0.39 is 0 Å². The van der Waals surface area contributed by atoms with E-state index in [0.717, 1.165) is 25.9 Å². The maximum atomic E-state index is 12.6. The van der Waals surface area contributed by atoms with Gasteiger partial charge in [0.1, 0.15) is 0 Å². The van der Waals surface area contributed by atoms with Gasteiger partial charge in [0.05, 0.1) is 11.3 Å². The average Bonchev–Trinajstić information content (AvgIpc) is 2.53. The average molecular weight is 289 g/mol. The molecule has 21 heavy (non-hydrogen) atoms. The molecule has 1 aromatic carbocycles. The number of hydrogen-bond acceptors (Lipinski definition) is 3. The molecule has 1 heterocycles. The van der Waals surface area contributed by atoms with Crippen LogP contribution in [0.3, 0.4) is 0 Å². The van der Waals surface area contributed by atoms with Crippen molar-refractivity contribution in [1.82, 2.24) is 10.2 Å². The number of carbonyl (C=O) groups excluding carboxylic acids is 2. The molecule has 0 atom stereocenters. The number of rotatable bonds is 5. The molecule has 0 radical (unpaired) electrons. The second kappa shape index (κ2) is 7.78. The third-order valence-electron chi connectivity index (χ3n) is 3.68. The van der Waals surface area contributed by atoms with Gasteiger partial charge in [0.25, 0.3) is 5.91 Å². The first-order valence-electron chi connectivity index (χ1n) is 7.55. The van der Waals surface area contributed by atoms with Crippen molar-refractivity contribution in [2.24, 2.45) is 0 Å². The van der Waals surface area contributed by atoms with Crippen molar-refractivity contribution in [2.45, 2.75) is 25.7 Å². The number of carbonyl (C=O) groups is 2. The van der Waals surface area contributed by atoms with Gasteiger partial charge in [0.15, 0.2) is 0 Å². The van der Waals surface area contributed by atoms with Crippen molar-refractivity contribution in [1.29, 1.82) is 0 Å². The van der Waals surface area contributed by atoms with E-state index in [9.17, 15) is 9.59 Å². The molecule has 0 saturated carbocycles. The van der Waals surface area contributed by atoms with E-state index in [0.29, 0.717) is 24.2 Å². The molecule has 0 aliphatic carbocycles. The number of para-hydroxylation sites is 1. The highest BCUT2D eigenvalue weighted by Crippen LogP contribution is 2.20. The SMILES string of the molecule is CNCCC(=O)Nc1ccccc1C(=O)N1CCCCC1. The summed E-state index contributed by atoms with van der Waals surface area (Å²) in [5.41, 5.74) is 1.19. The first-order valence-corrected chi connectivity index (χ1v) is 7.55. The first-order chi connectivity index (χ1) is 10.2. The van der Waals surface area contributed by atoms with Crippen molar-refractivity contribution in [2.75, 3.05) is 32.0 Å². The van der Waals surface area contributed by atoms with Gasteiger partial charge in [-0.3, -0.25) is 9.59 Å². The van der Waals surface area contributed by atoms with E-state index in [1.165, 1.54) is 6.42 Å². The van der Waals surface area contributed by atoms with Gasteiger partial charge in [-0.05, 0) is 38.4 Å². The number of nitrogens with one attached hydrogen (secondary N) is 2. The first kappa shape index (κ1) is 15.5. The number of likely N-dealkylation sites (tertiary alicyclic amines) is 1. The van der Waals surface area contributed by atoms with E-state index >= 15 is 0 Å². The molecule has 1 aliphatic rings. The van der Waals surface area contributed by atoms with Gasteiger partial charge in [-0.1, -0.05) is 12.1 Å². The Morgan fingerprint density at radius 1 is 1.14 bits per heavy atom. The molecule has 0 aromatic heterocycles. The zero-order valence-corrected chi connectivity index (χ0v) is 12.5. The fraction of sp³-hybridized carbons (Fsp3) is 0.500. The molecule has 0 bridgehead atoms. The third-order valence-corrected chi connectivity index (χ3v) is 3.68. The van der Waals surface area contributed by atoms with Crippen LogP contribution in [-0.2, 0) is 4.79 Å². The quantitative estimate of drug-likeness (QED) is 0.870. The summed E-state index contributed by atoms with van der Waals surface area (Å²) in [7, 11) is 1.81. The molecule has 5 nitrogen and oxygen atoms in total. The normalized spacial score (nSPS) is 14.8. The maximum absolute atomic E-state index is 12.6. The number of piperidine rings is 1. The minimum atomic E-state index is -0.0803. The Bertz CT molecular complexity index is 496. The van der Waals surface area contributed by atoms with Crippen molar-refractivity contribution in [3.63, 3.8) is 0 Å². The predicted octanol–water partition coefficient (Wildman–Crippen LogP) is 1.86. The number of hydrogen-bond donors (Lipinski definition) is 2. The monoisotopic (exact) mass is 289 g/mol. The van der Waals surface area contributed by atoms with Crippen LogP contribution in [0.25, 0.3) is 0 Å². The lowest BCUT2D eigenvalue weighted by Crippen LogP contribution is -2.36. The Labute approximate surface area is 125 Å². The lowest BCUT2D eigenvalue weighted by molar-refractivity contribution is -0.116. The summed E-state index contributed by atoms with van der Waals surface area (Å²) in [6.45, 7) is 2.23. The van der Waals surface area contributed by atoms with E-state index in [1.807, 2.05) is 17.0 Å². The second-order valence-corrected chi connectivity index (χ2v) is 5.30. The lowest BCUT2D eigenvalue weighted by Gasteiger charge is -2.27. The molecule has 1 aromatic rings. The molecule has 2 amide bonds. The van der Waals surface area contributed by atoms with Gasteiger partial charge < -0.3 is 15.5 Å². The second-order valence-electron chi connectivity index (χ2n) is 5.30. The molecular weight excluding hydrogens is 266 g/mol. The zero-order valence-electron chi connectivity index (χ0n) is 12.5. The maximum Gasteiger partial charge on any atom is 0.255 e. The van der Waals surface area contributed by atoms with Gasteiger partial charge >= 0.3 is 0 Å². The summed E-state index contributed by atoms with van der Waals surface area (Å²) < 4.78 is 0. The van der Waals surface area contributed by atoms with Gasteiger partial charge in [-0.15, -0.1) is 0 Å². The highest BCUT2D eigenvalue weighted by Gasteiger charge is 2.20. The molecule has 0 spiro atoms. The van der Waals surface area contributed by atoms with Crippen LogP contribution in [-0.4, -0.2) is 43.4 Å². The Hall–Kier alpha value is -1.88. The van der Waals surface area contributed by atoms with Crippen LogP contribution in [0, 0.1) is 0 Å². The zero-order chi connectivity index (χ0) is 15.1. The minimum absolute atomic E-state index is 0.0132. The van der Waals surface area contributed by atoms with Gasteiger partial charge in [0.2, 0.25) is 5.91 Å². The lowest BCUT2D eigenvalue weighted by atomic mass is 10.1.